The molecule has 116 valence electrons. The third kappa shape index (κ3) is 2.76. The van der Waals surface area contributed by atoms with Crippen LogP contribution in [0.2, 0.25) is 5.02 Å². The summed E-state index contributed by atoms with van der Waals surface area (Å²) in [7, 11) is -3.70. The quantitative estimate of drug-likeness (QED) is 0.847. The smallest absolute Gasteiger partial charge is 0.207 e. The van der Waals surface area contributed by atoms with Crippen LogP contribution in [-0.2, 0) is 10.0 Å². The Kier molecular flexibility index (Phi) is 4.21. The van der Waals surface area contributed by atoms with Crippen LogP contribution in [0.4, 0.5) is 4.39 Å². The molecule has 1 aliphatic heterocycles. The summed E-state index contributed by atoms with van der Waals surface area (Å²) in [6.45, 7) is 0.411. The van der Waals surface area contributed by atoms with Crippen molar-refractivity contribution in [3.63, 3.8) is 0 Å². The molecule has 0 N–H and O–H groups in total. The minimum atomic E-state index is -3.70. The Bertz CT molecular complexity index is 794. The normalized spacial score (nSPS) is 19.5. The molecule has 0 aliphatic carbocycles. The van der Waals surface area contributed by atoms with Crippen molar-refractivity contribution in [2.24, 2.45) is 0 Å². The molecule has 1 aliphatic rings. The van der Waals surface area contributed by atoms with Crippen molar-refractivity contribution < 1.29 is 12.8 Å². The molecule has 0 aromatic heterocycles. The van der Waals surface area contributed by atoms with Gasteiger partial charge in [0, 0.05) is 6.54 Å². The monoisotopic (exact) mass is 339 g/mol. The zero-order valence-corrected chi connectivity index (χ0v) is 13.3. The lowest BCUT2D eigenvalue weighted by atomic mass is 10.1. The topological polar surface area (TPSA) is 37.4 Å². The van der Waals surface area contributed by atoms with Gasteiger partial charge in [-0.1, -0.05) is 35.9 Å². The molecule has 1 saturated heterocycles. The first-order valence-electron chi connectivity index (χ1n) is 7.02. The maximum absolute atomic E-state index is 13.4. The number of nitrogens with zero attached hydrogens (tertiary/aromatic N) is 1. The molecule has 2 aromatic carbocycles. The number of halogens is 2. The summed E-state index contributed by atoms with van der Waals surface area (Å²) >= 11 is 6.04. The lowest BCUT2D eigenvalue weighted by molar-refractivity contribution is 0.395. The van der Waals surface area contributed by atoms with Crippen LogP contribution < -0.4 is 0 Å². The highest BCUT2D eigenvalue weighted by Gasteiger charge is 2.37. The number of hydrogen-bond acceptors (Lipinski definition) is 2. The average Bonchev–Trinajstić information content (AvgIpc) is 2.98. The molecule has 0 saturated carbocycles. The minimum Gasteiger partial charge on any atom is -0.207 e. The highest BCUT2D eigenvalue weighted by molar-refractivity contribution is 7.89. The van der Waals surface area contributed by atoms with Crippen LogP contribution >= 0.6 is 11.6 Å². The summed E-state index contributed by atoms with van der Waals surface area (Å²) in [5, 5.41) is 0.201. The van der Waals surface area contributed by atoms with Crippen molar-refractivity contribution in [1.82, 2.24) is 4.31 Å². The van der Waals surface area contributed by atoms with Gasteiger partial charge in [0.2, 0.25) is 10.0 Å². The maximum atomic E-state index is 13.4. The summed E-state index contributed by atoms with van der Waals surface area (Å²) in [6, 6.07) is 12.1. The second-order valence-electron chi connectivity index (χ2n) is 5.26. The highest BCUT2D eigenvalue weighted by Crippen LogP contribution is 2.38. The van der Waals surface area contributed by atoms with Gasteiger partial charge >= 0.3 is 0 Å². The van der Waals surface area contributed by atoms with Crippen LogP contribution in [0.15, 0.2) is 53.4 Å². The van der Waals surface area contributed by atoms with E-state index in [0.29, 0.717) is 18.5 Å². The molecule has 3 nitrogen and oxygen atoms in total. The van der Waals surface area contributed by atoms with Crippen LogP contribution in [0, 0.1) is 5.82 Å². The molecule has 22 heavy (non-hydrogen) atoms. The summed E-state index contributed by atoms with van der Waals surface area (Å²) in [5.74, 6) is -0.362. The van der Waals surface area contributed by atoms with Crippen LogP contribution in [0.3, 0.4) is 0 Å². The summed E-state index contributed by atoms with van der Waals surface area (Å²) < 4.78 is 40.6. The Morgan fingerprint density at radius 1 is 1.14 bits per heavy atom. The fourth-order valence-electron chi connectivity index (χ4n) is 2.86. The molecule has 1 unspecified atom stereocenters. The number of rotatable bonds is 3. The van der Waals surface area contributed by atoms with E-state index in [2.05, 4.69) is 0 Å². The largest absolute Gasteiger partial charge is 0.245 e. The van der Waals surface area contributed by atoms with Crippen LogP contribution in [0.5, 0.6) is 0 Å². The minimum absolute atomic E-state index is 0.0972. The van der Waals surface area contributed by atoms with Crippen LogP contribution in [-0.4, -0.2) is 19.3 Å². The number of benzene rings is 2. The van der Waals surface area contributed by atoms with Gasteiger partial charge < -0.3 is 0 Å². The Morgan fingerprint density at radius 3 is 2.64 bits per heavy atom. The van der Waals surface area contributed by atoms with E-state index >= 15 is 0 Å². The van der Waals surface area contributed by atoms with Crippen molar-refractivity contribution in [3.05, 3.63) is 64.9 Å². The Morgan fingerprint density at radius 2 is 1.91 bits per heavy atom. The van der Waals surface area contributed by atoms with Gasteiger partial charge in [-0.05, 0) is 42.7 Å². The van der Waals surface area contributed by atoms with E-state index in [4.69, 9.17) is 11.6 Å². The lowest BCUT2D eigenvalue weighted by Crippen LogP contribution is -2.30. The van der Waals surface area contributed by atoms with Gasteiger partial charge in [0.1, 0.15) is 10.7 Å². The summed E-state index contributed by atoms with van der Waals surface area (Å²) in [4.78, 5) is 0.0972. The molecular formula is C16H15ClFNO2S. The van der Waals surface area contributed by atoms with Crippen LogP contribution in [0.25, 0.3) is 0 Å². The van der Waals surface area contributed by atoms with Crippen molar-refractivity contribution in [2.75, 3.05) is 6.54 Å². The van der Waals surface area contributed by atoms with Gasteiger partial charge in [0.25, 0.3) is 0 Å². The van der Waals surface area contributed by atoms with Crippen molar-refractivity contribution >= 4 is 21.6 Å². The predicted octanol–water partition coefficient (Wildman–Crippen LogP) is 4.00. The van der Waals surface area contributed by atoms with E-state index < -0.39 is 10.0 Å². The van der Waals surface area contributed by atoms with E-state index in [-0.39, 0.29) is 21.8 Å². The third-order valence-electron chi connectivity index (χ3n) is 3.86. The highest BCUT2D eigenvalue weighted by atomic mass is 35.5. The fraction of sp³-hybridized carbons (Fsp3) is 0.250. The molecule has 1 fully saturated rings. The first kappa shape index (κ1) is 15.5. The molecule has 3 rings (SSSR count). The Labute approximate surface area is 134 Å². The first-order valence-corrected chi connectivity index (χ1v) is 8.84. The van der Waals surface area contributed by atoms with Crippen molar-refractivity contribution in [2.45, 2.75) is 23.8 Å². The number of hydrogen-bond donors (Lipinski definition) is 0. The fourth-order valence-corrected chi connectivity index (χ4v) is 5.03. The number of sulfonamides is 1. The maximum Gasteiger partial charge on any atom is 0.245 e. The molecule has 2 aromatic rings. The second-order valence-corrected chi connectivity index (χ2v) is 7.53. The van der Waals surface area contributed by atoms with Crippen molar-refractivity contribution in [1.29, 1.82) is 0 Å². The SMILES string of the molecule is O=S(=O)(c1ccccc1Cl)N1CCCC1c1cccc(F)c1. The van der Waals surface area contributed by atoms with E-state index in [1.54, 1.807) is 30.3 Å². The zero-order valence-electron chi connectivity index (χ0n) is 11.7. The predicted molar refractivity (Wildman–Crippen MR) is 83.7 cm³/mol. The van der Waals surface area contributed by atoms with Gasteiger partial charge in [0.05, 0.1) is 11.1 Å². The molecule has 6 heteroatoms. The molecule has 0 amide bonds. The van der Waals surface area contributed by atoms with Crippen LogP contribution in [0.1, 0.15) is 24.4 Å². The molecule has 1 heterocycles. The van der Waals surface area contributed by atoms with Gasteiger partial charge in [-0.2, -0.15) is 4.31 Å². The van der Waals surface area contributed by atoms with Gasteiger partial charge in [-0.3, -0.25) is 0 Å². The average molecular weight is 340 g/mol. The van der Waals surface area contributed by atoms with E-state index in [0.717, 1.165) is 6.42 Å². The molecular weight excluding hydrogens is 325 g/mol. The second kappa shape index (κ2) is 5.99. The molecule has 0 spiro atoms. The van der Waals surface area contributed by atoms with Gasteiger partial charge in [-0.25, -0.2) is 12.8 Å². The Hall–Kier alpha value is -1.43. The standard InChI is InChI=1S/C16H15ClFNO2S/c17-14-7-1-2-9-16(14)22(20,21)19-10-4-8-15(19)12-5-3-6-13(18)11-12/h1-3,5-7,9,11,15H,4,8,10H2. The summed E-state index contributed by atoms with van der Waals surface area (Å²) in [6.07, 6.45) is 1.41. The third-order valence-corrected chi connectivity index (χ3v) is 6.27. The summed E-state index contributed by atoms with van der Waals surface area (Å²) in [5.41, 5.74) is 0.674. The van der Waals surface area contributed by atoms with E-state index in [1.807, 2.05) is 0 Å². The van der Waals surface area contributed by atoms with Gasteiger partial charge in [-0.15, -0.1) is 0 Å². The molecule has 0 radical (unpaired) electrons. The molecule has 1 atom stereocenters. The Balaban J connectivity index is 2.01. The lowest BCUT2D eigenvalue weighted by Gasteiger charge is -2.25. The van der Waals surface area contributed by atoms with Crippen molar-refractivity contribution in [3.8, 4) is 0 Å². The van der Waals surface area contributed by atoms with E-state index in [9.17, 15) is 12.8 Å². The molecule has 0 bridgehead atoms. The first-order chi connectivity index (χ1) is 10.5. The van der Waals surface area contributed by atoms with Gasteiger partial charge in [0.15, 0.2) is 0 Å². The zero-order chi connectivity index (χ0) is 15.7. The van der Waals surface area contributed by atoms with E-state index in [1.165, 1.54) is 22.5 Å².